The zero-order chi connectivity index (χ0) is 19.9. The predicted molar refractivity (Wildman–Crippen MR) is 107 cm³/mol. The molecular formula is C21H28N4O3. The van der Waals surface area contributed by atoms with Crippen LogP contribution in [0.5, 0.6) is 0 Å². The van der Waals surface area contributed by atoms with E-state index >= 15 is 0 Å². The minimum Gasteiger partial charge on any atom is -0.355 e. The Hall–Kier alpha value is -2.67. The maximum atomic E-state index is 12.2. The first kappa shape index (κ1) is 20.1. The summed E-state index contributed by atoms with van der Waals surface area (Å²) in [4.78, 5) is 26.7. The molecule has 2 atom stereocenters. The molecular weight excluding hydrogens is 356 g/mol. The molecule has 1 aliphatic rings. The maximum absolute atomic E-state index is 12.2. The standard InChI is InChI=1S/C21H28N4O3/c1-15-7-6-10-25(14-15)16(2)12-22-20(26)13-23-21(27)18-11-19(28-24-18)17-8-4-3-5-9-17/h3-5,8-9,11,15-16H,6-7,10,12-14H2,1-2H3,(H,22,26)(H,23,27). The highest BCUT2D eigenvalue weighted by molar-refractivity contribution is 5.95. The van der Waals surface area contributed by atoms with E-state index in [1.165, 1.54) is 12.8 Å². The third-order valence-corrected chi connectivity index (χ3v) is 5.12. The topological polar surface area (TPSA) is 87.5 Å². The van der Waals surface area contributed by atoms with Gasteiger partial charge in [-0.1, -0.05) is 42.4 Å². The molecule has 0 saturated carbocycles. The molecule has 1 fully saturated rings. The molecule has 1 aromatic carbocycles. The number of hydrogen-bond donors (Lipinski definition) is 2. The fraction of sp³-hybridized carbons (Fsp3) is 0.476. The predicted octanol–water partition coefficient (Wildman–Crippen LogP) is 2.31. The van der Waals surface area contributed by atoms with Crippen molar-refractivity contribution in [3.05, 3.63) is 42.1 Å². The summed E-state index contributed by atoms with van der Waals surface area (Å²) >= 11 is 0. The Morgan fingerprint density at radius 2 is 2.07 bits per heavy atom. The van der Waals surface area contributed by atoms with Crippen molar-refractivity contribution in [1.29, 1.82) is 0 Å². The smallest absolute Gasteiger partial charge is 0.273 e. The molecule has 0 radical (unpaired) electrons. The second kappa shape index (κ2) is 9.50. The van der Waals surface area contributed by atoms with E-state index in [9.17, 15) is 9.59 Å². The van der Waals surface area contributed by atoms with E-state index in [1.807, 2.05) is 30.3 Å². The average molecular weight is 384 g/mol. The molecule has 1 aliphatic heterocycles. The van der Waals surface area contributed by atoms with E-state index in [2.05, 4.69) is 34.5 Å². The minimum atomic E-state index is -0.431. The molecule has 2 heterocycles. The lowest BCUT2D eigenvalue weighted by molar-refractivity contribution is -0.120. The lowest BCUT2D eigenvalue weighted by atomic mass is 9.99. The van der Waals surface area contributed by atoms with Crippen LogP contribution in [0.4, 0.5) is 0 Å². The van der Waals surface area contributed by atoms with Crippen LogP contribution in [0.1, 0.15) is 37.2 Å². The van der Waals surface area contributed by atoms with Crippen molar-refractivity contribution in [2.24, 2.45) is 5.92 Å². The van der Waals surface area contributed by atoms with Gasteiger partial charge in [0.1, 0.15) is 0 Å². The number of amides is 2. The van der Waals surface area contributed by atoms with E-state index in [-0.39, 0.29) is 24.2 Å². The molecule has 3 rings (SSSR count). The Labute approximate surface area is 165 Å². The monoisotopic (exact) mass is 384 g/mol. The normalized spacial score (nSPS) is 18.4. The van der Waals surface area contributed by atoms with Crippen LogP contribution in [0.3, 0.4) is 0 Å². The highest BCUT2D eigenvalue weighted by Crippen LogP contribution is 2.19. The first-order chi connectivity index (χ1) is 13.5. The molecule has 1 saturated heterocycles. The molecule has 2 unspecified atom stereocenters. The van der Waals surface area contributed by atoms with Gasteiger partial charge in [-0.15, -0.1) is 0 Å². The summed E-state index contributed by atoms with van der Waals surface area (Å²) in [6.07, 6.45) is 2.48. The van der Waals surface area contributed by atoms with E-state index < -0.39 is 5.91 Å². The summed E-state index contributed by atoms with van der Waals surface area (Å²) in [6, 6.07) is 11.3. The Kier molecular flexibility index (Phi) is 6.81. The average Bonchev–Trinajstić information content (AvgIpc) is 3.21. The van der Waals surface area contributed by atoms with Gasteiger partial charge in [0.05, 0.1) is 6.54 Å². The summed E-state index contributed by atoms with van der Waals surface area (Å²) in [7, 11) is 0. The summed E-state index contributed by atoms with van der Waals surface area (Å²) in [5.74, 6) is 0.574. The second-order valence-electron chi connectivity index (χ2n) is 7.52. The zero-order valence-corrected chi connectivity index (χ0v) is 16.5. The van der Waals surface area contributed by atoms with Crippen molar-refractivity contribution in [3.8, 4) is 11.3 Å². The summed E-state index contributed by atoms with van der Waals surface area (Å²) < 4.78 is 5.22. The van der Waals surface area contributed by atoms with Gasteiger partial charge in [-0.2, -0.15) is 0 Å². The summed E-state index contributed by atoms with van der Waals surface area (Å²) in [5.41, 5.74) is 0.995. The Balaban J connectivity index is 1.42. The highest BCUT2D eigenvalue weighted by Gasteiger charge is 2.21. The molecule has 7 nitrogen and oxygen atoms in total. The third-order valence-electron chi connectivity index (χ3n) is 5.12. The van der Waals surface area contributed by atoms with Crippen molar-refractivity contribution < 1.29 is 14.1 Å². The maximum Gasteiger partial charge on any atom is 0.273 e. The van der Waals surface area contributed by atoms with E-state index in [4.69, 9.17) is 4.52 Å². The number of carbonyl (C=O) groups excluding carboxylic acids is 2. The minimum absolute atomic E-state index is 0.0878. The van der Waals surface area contributed by atoms with Crippen LogP contribution in [-0.2, 0) is 4.79 Å². The first-order valence-electron chi connectivity index (χ1n) is 9.84. The van der Waals surface area contributed by atoms with E-state index in [1.54, 1.807) is 6.07 Å². The Morgan fingerprint density at radius 1 is 1.29 bits per heavy atom. The molecule has 7 heteroatoms. The van der Waals surface area contributed by atoms with Gasteiger partial charge in [0.15, 0.2) is 11.5 Å². The van der Waals surface area contributed by atoms with Crippen LogP contribution in [0.2, 0.25) is 0 Å². The largest absolute Gasteiger partial charge is 0.355 e. The van der Waals surface area contributed by atoms with Gasteiger partial charge in [0.25, 0.3) is 5.91 Å². The van der Waals surface area contributed by atoms with Crippen molar-refractivity contribution in [2.75, 3.05) is 26.2 Å². The van der Waals surface area contributed by atoms with E-state index in [0.29, 0.717) is 18.2 Å². The number of carbonyl (C=O) groups is 2. The summed E-state index contributed by atoms with van der Waals surface area (Å²) in [5, 5.41) is 9.27. The van der Waals surface area contributed by atoms with Crippen molar-refractivity contribution in [2.45, 2.75) is 32.7 Å². The fourth-order valence-corrected chi connectivity index (χ4v) is 3.45. The Bertz CT molecular complexity index is 790. The molecule has 0 spiro atoms. The van der Waals surface area contributed by atoms with Crippen molar-refractivity contribution in [3.63, 3.8) is 0 Å². The van der Waals surface area contributed by atoms with Crippen LogP contribution in [0.25, 0.3) is 11.3 Å². The lowest BCUT2D eigenvalue weighted by Gasteiger charge is -2.35. The van der Waals surface area contributed by atoms with Crippen LogP contribution < -0.4 is 10.6 Å². The first-order valence-corrected chi connectivity index (χ1v) is 9.84. The third kappa shape index (κ3) is 5.42. The van der Waals surface area contributed by atoms with Gasteiger partial charge >= 0.3 is 0 Å². The SMILES string of the molecule is CC1CCCN(C(C)CNC(=O)CNC(=O)c2cc(-c3ccccc3)on2)C1. The molecule has 2 amide bonds. The number of benzene rings is 1. The van der Waals surface area contributed by atoms with Crippen molar-refractivity contribution in [1.82, 2.24) is 20.7 Å². The van der Waals surface area contributed by atoms with Crippen molar-refractivity contribution >= 4 is 11.8 Å². The number of aromatic nitrogens is 1. The van der Waals surface area contributed by atoms with Gasteiger partial charge in [-0.25, -0.2) is 0 Å². The van der Waals surface area contributed by atoms with Gasteiger partial charge < -0.3 is 15.2 Å². The molecule has 0 bridgehead atoms. The van der Waals surface area contributed by atoms with Crippen LogP contribution >= 0.6 is 0 Å². The number of nitrogens with one attached hydrogen (secondary N) is 2. The molecule has 2 N–H and O–H groups in total. The number of likely N-dealkylation sites (tertiary alicyclic amines) is 1. The number of rotatable bonds is 7. The second-order valence-corrected chi connectivity index (χ2v) is 7.52. The number of hydrogen-bond acceptors (Lipinski definition) is 5. The molecule has 2 aromatic rings. The molecule has 0 aliphatic carbocycles. The van der Waals surface area contributed by atoms with Crippen LogP contribution in [-0.4, -0.2) is 54.1 Å². The van der Waals surface area contributed by atoms with E-state index in [0.717, 1.165) is 18.7 Å². The van der Waals surface area contributed by atoms with Gasteiger partial charge in [0.2, 0.25) is 5.91 Å². The molecule has 1 aromatic heterocycles. The quantitative estimate of drug-likeness (QED) is 0.765. The molecule has 28 heavy (non-hydrogen) atoms. The number of piperidine rings is 1. The van der Waals surface area contributed by atoms with Gasteiger partial charge in [-0.3, -0.25) is 14.5 Å². The van der Waals surface area contributed by atoms with Crippen LogP contribution in [0, 0.1) is 5.92 Å². The zero-order valence-electron chi connectivity index (χ0n) is 16.5. The van der Waals surface area contributed by atoms with Crippen LogP contribution in [0.15, 0.2) is 40.9 Å². The lowest BCUT2D eigenvalue weighted by Crippen LogP contribution is -2.47. The Morgan fingerprint density at radius 3 is 2.82 bits per heavy atom. The summed E-state index contributed by atoms with van der Waals surface area (Å²) in [6.45, 7) is 7.02. The van der Waals surface area contributed by atoms with Gasteiger partial charge in [-0.05, 0) is 32.2 Å². The molecule has 150 valence electrons. The highest BCUT2D eigenvalue weighted by atomic mass is 16.5. The fourth-order valence-electron chi connectivity index (χ4n) is 3.45. The number of nitrogens with zero attached hydrogens (tertiary/aromatic N) is 2. The van der Waals surface area contributed by atoms with Gasteiger partial charge in [0, 0.05) is 30.8 Å².